The van der Waals surface area contributed by atoms with Crippen LogP contribution in [0.5, 0.6) is 0 Å². The fourth-order valence-electron chi connectivity index (χ4n) is 0.959. The highest BCUT2D eigenvalue weighted by Crippen LogP contribution is 2.22. The van der Waals surface area contributed by atoms with Gasteiger partial charge in [-0.2, -0.15) is 0 Å². The predicted octanol–water partition coefficient (Wildman–Crippen LogP) is 3.56. The zero-order valence-electron chi connectivity index (χ0n) is 7.76. The van der Waals surface area contributed by atoms with Gasteiger partial charge in [-0.15, -0.1) is 0 Å². The van der Waals surface area contributed by atoms with Crippen LogP contribution in [-0.2, 0) is 4.79 Å². The zero-order chi connectivity index (χ0) is 10.6. The Balaban J connectivity index is 2.70. The first kappa shape index (κ1) is 11.7. The fraction of sp³-hybridized carbons (Fsp3) is 0.300. The molecule has 1 aromatic rings. The lowest BCUT2D eigenvalue weighted by molar-refractivity contribution is -0.115. The SMILES string of the molecule is CC[C@@H](Br)C(=O)Nc1ccccc1Br. The van der Waals surface area contributed by atoms with Gasteiger partial charge in [0.1, 0.15) is 0 Å². The van der Waals surface area contributed by atoms with Crippen LogP contribution in [0.4, 0.5) is 5.69 Å². The fourth-order valence-corrected chi connectivity index (χ4v) is 1.46. The first-order chi connectivity index (χ1) is 6.65. The summed E-state index contributed by atoms with van der Waals surface area (Å²) in [7, 11) is 0. The quantitative estimate of drug-likeness (QED) is 0.848. The lowest BCUT2D eigenvalue weighted by Gasteiger charge is -2.09. The van der Waals surface area contributed by atoms with E-state index < -0.39 is 0 Å². The van der Waals surface area contributed by atoms with Gasteiger partial charge >= 0.3 is 0 Å². The highest BCUT2D eigenvalue weighted by atomic mass is 79.9. The van der Waals surface area contributed by atoms with Gasteiger partial charge in [-0.05, 0) is 34.5 Å². The van der Waals surface area contributed by atoms with Crippen molar-refractivity contribution in [1.29, 1.82) is 0 Å². The van der Waals surface area contributed by atoms with Crippen LogP contribution < -0.4 is 5.32 Å². The second-order valence-corrected chi connectivity index (χ2v) is 4.80. The third-order valence-corrected chi connectivity index (χ3v) is 3.53. The van der Waals surface area contributed by atoms with Crippen LogP contribution in [0.1, 0.15) is 13.3 Å². The second-order valence-electron chi connectivity index (χ2n) is 2.84. The summed E-state index contributed by atoms with van der Waals surface area (Å²) >= 11 is 6.66. The Bertz CT molecular complexity index is 328. The Morgan fingerprint density at radius 2 is 2.14 bits per heavy atom. The summed E-state index contributed by atoms with van der Waals surface area (Å²) in [6.07, 6.45) is 0.774. The molecule has 0 heterocycles. The molecule has 0 fully saturated rings. The van der Waals surface area contributed by atoms with Crippen molar-refractivity contribution in [3.63, 3.8) is 0 Å². The number of halogens is 2. The molecule has 0 bridgehead atoms. The molecule has 0 aromatic heterocycles. The van der Waals surface area contributed by atoms with Crippen molar-refractivity contribution in [2.24, 2.45) is 0 Å². The van der Waals surface area contributed by atoms with E-state index in [1.807, 2.05) is 31.2 Å². The van der Waals surface area contributed by atoms with Gasteiger partial charge in [-0.1, -0.05) is 35.0 Å². The van der Waals surface area contributed by atoms with Crippen LogP contribution in [0.15, 0.2) is 28.7 Å². The number of benzene rings is 1. The summed E-state index contributed by atoms with van der Waals surface area (Å²) < 4.78 is 0.893. The lowest BCUT2D eigenvalue weighted by Crippen LogP contribution is -2.22. The molecular formula is C10H11Br2NO. The van der Waals surface area contributed by atoms with E-state index in [0.717, 1.165) is 16.6 Å². The summed E-state index contributed by atoms with van der Waals surface area (Å²) in [6.45, 7) is 1.96. The number of alkyl halides is 1. The first-order valence-electron chi connectivity index (χ1n) is 4.34. The summed E-state index contributed by atoms with van der Waals surface area (Å²) in [5, 5.41) is 2.83. The molecule has 1 N–H and O–H groups in total. The van der Waals surface area contributed by atoms with E-state index in [1.165, 1.54) is 0 Å². The van der Waals surface area contributed by atoms with E-state index in [-0.39, 0.29) is 10.7 Å². The van der Waals surface area contributed by atoms with Gasteiger partial charge in [-0.3, -0.25) is 4.79 Å². The molecule has 4 heteroatoms. The zero-order valence-corrected chi connectivity index (χ0v) is 10.9. The number of amides is 1. The number of hydrogen-bond donors (Lipinski definition) is 1. The maximum atomic E-state index is 11.5. The van der Waals surface area contributed by atoms with E-state index in [4.69, 9.17) is 0 Å². The maximum absolute atomic E-state index is 11.5. The summed E-state index contributed by atoms with van der Waals surface area (Å²) in [5.41, 5.74) is 0.801. The van der Waals surface area contributed by atoms with Crippen molar-refractivity contribution >= 4 is 43.5 Å². The van der Waals surface area contributed by atoms with Crippen molar-refractivity contribution in [3.8, 4) is 0 Å². The van der Waals surface area contributed by atoms with Gasteiger partial charge in [0, 0.05) is 4.47 Å². The van der Waals surface area contributed by atoms with Crippen LogP contribution in [0.2, 0.25) is 0 Å². The van der Waals surface area contributed by atoms with Gasteiger partial charge in [0.2, 0.25) is 5.91 Å². The van der Waals surface area contributed by atoms with Crippen molar-refractivity contribution in [2.45, 2.75) is 18.2 Å². The molecule has 14 heavy (non-hydrogen) atoms. The number of anilines is 1. The van der Waals surface area contributed by atoms with Crippen LogP contribution in [0.3, 0.4) is 0 Å². The topological polar surface area (TPSA) is 29.1 Å². The minimum Gasteiger partial charge on any atom is -0.324 e. The Morgan fingerprint density at radius 3 is 2.71 bits per heavy atom. The Labute approximate surface area is 100 Å². The standard InChI is InChI=1S/C10H11Br2NO/c1-2-7(11)10(14)13-9-6-4-3-5-8(9)12/h3-7H,2H2,1H3,(H,13,14)/t7-/m1/s1. The highest BCUT2D eigenvalue weighted by molar-refractivity contribution is 9.10. The number of carbonyl (C=O) groups is 1. The van der Waals surface area contributed by atoms with E-state index in [0.29, 0.717) is 0 Å². The molecule has 0 aliphatic carbocycles. The number of nitrogens with one attached hydrogen (secondary N) is 1. The third kappa shape index (κ3) is 3.10. The molecule has 0 saturated carbocycles. The monoisotopic (exact) mass is 319 g/mol. The van der Waals surface area contributed by atoms with Gasteiger partial charge in [0.25, 0.3) is 0 Å². The van der Waals surface area contributed by atoms with Gasteiger partial charge in [0.15, 0.2) is 0 Å². The summed E-state index contributed by atoms with van der Waals surface area (Å²) in [4.78, 5) is 11.4. The molecule has 0 aliphatic heterocycles. The molecular weight excluding hydrogens is 310 g/mol. The van der Waals surface area contributed by atoms with Gasteiger partial charge in [-0.25, -0.2) is 0 Å². The van der Waals surface area contributed by atoms with E-state index in [1.54, 1.807) is 0 Å². The highest BCUT2D eigenvalue weighted by Gasteiger charge is 2.12. The van der Waals surface area contributed by atoms with Crippen LogP contribution in [-0.4, -0.2) is 10.7 Å². The number of para-hydroxylation sites is 1. The molecule has 0 radical (unpaired) electrons. The Morgan fingerprint density at radius 1 is 1.50 bits per heavy atom. The minimum atomic E-state index is -0.130. The molecule has 0 saturated heterocycles. The van der Waals surface area contributed by atoms with Gasteiger partial charge in [0.05, 0.1) is 10.5 Å². The first-order valence-corrected chi connectivity index (χ1v) is 6.05. The number of rotatable bonds is 3. The van der Waals surface area contributed by atoms with Crippen molar-refractivity contribution in [3.05, 3.63) is 28.7 Å². The largest absolute Gasteiger partial charge is 0.324 e. The molecule has 2 nitrogen and oxygen atoms in total. The maximum Gasteiger partial charge on any atom is 0.238 e. The molecule has 0 spiro atoms. The number of carbonyl (C=O) groups excluding carboxylic acids is 1. The second kappa shape index (κ2) is 5.51. The van der Waals surface area contributed by atoms with Crippen LogP contribution >= 0.6 is 31.9 Å². The summed E-state index contributed by atoms with van der Waals surface area (Å²) in [6, 6.07) is 7.54. The van der Waals surface area contributed by atoms with E-state index >= 15 is 0 Å². The van der Waals surface area contributed by atoms with Gasteiger partial charge < -0.3 is 5.32 Å². The molecule has 1 rings (SSSR count). The Kier molecular flexibility index (Phi) is 4.62. The van der Waals surface area contributed by atoms with Crippen LogP contribution in [0.25, 0.3) is 0 Å². The van der Waals surface area contributed by atoms with Crippen molar-refractivity contribution in [2.75, 3.05) is 5.32 Å². The van der Waals surface area contributed by atoms with Crippen molar-refractivity contribution in [1.82, 2.24) is 0 Å². The summed E-state index contributed by atoms with van der Waals surface area (Å²) in [5.74, 6) is -0.0144. The predicted molar refractivity (Wildman–Crippen MR) is 65.8 cm³/mol. The minimum absolute atomic E-state index is 0.0144. The smallest absolute Gasteiger partial charge is 0.238 e. The molecule has 1 aromatic carbocycles. The average molecular weight is 321 g/mol. The van der Waals surface area contributed by atoms with E-state index in [2.05, 4.69) is 37.2 Å². The number of hydrogen-bond acceptors (Lipinski definition) is 1. The molecule has 76 valence electrons. The average Bonchev–Trinajstić information content (AvgIpc) is 2.20. The molecule has 1 atom stereocenters. The Hall–Kier alpha value is -0.350. The normalized spacial score (nSPS) is 12.2. The van der Waals surface area contributed by atoms with Crippen molar-refractivity contribution < 1.29 is 4.79 Å². The molecule has 1 amide bonds. The molecule has 0 aliphatic rings. The lowest BCUT2D eigenvalue weighted by atomic mass is 10.3. The molecule has 0 unspecified atom stereocenters. The van der Waals surface area contributed by atoms with E-state index in [9.17, 15) is 4.79 Å². The van der Waals surface area contributed by atoms with Crippen LogP contribution in [0, 0.1) is 0 Å². The third-order valence-electron chi connectivity index (χ3n) is 1.77.